The fourth-order valence-corrected chi connectivity index (χ4v) is 5.69. The van der Waals surface area contributed by atoms with Crippen molar-refractivity contribution in [2.24, 2.45) is 0 Å². The summed E-state index contributed by atoms with van der Waals surface area (Å²) in [5.41, 5.74) is 1.99. The van der Waals surface area contributed by atoms with Crippen molar-refractivity contribution in [1.29, 1.82) is 0 Å². The number of para-hydroxylation sites is 2. The number of aromatic nitrogens is 2. The second kappa shape index (κ2) is 11.4. The number of nitrogens with one attached hydrogen (secondary N) is 1. The van der Waals surface area contributed by atoms with Gasteiger partial charge in [0, 0.05) is 5.56 Å². The first-order valence-electron chi connectivity index (χ1n) is 11.4. The zero-order valence-electron chi connectivity index (χ0n) is 20.5. The minimum absolute atomic E-state index is 0.0647. The summed E-state index contributed by atoms with van der Waals surface area (Å²) < 4.78 is 39.3. The average molecular weight is 539 g/mol. The normalized spacial score (nSPS) is 11.1. The molecule has 0 saturated heterocycles. The number of benzene rings is 3. The van der Waals surface area contributed by atoms with E-state index in [2.05, 4.69) is 15.5 Å². The number of anilines is 2. The van der Waals surface area contributed by atoms with Crippen LogP contribution in [0.1, 0.15) is 12.5 Å². The van der Waals surface area contributed by atoms with Gasteiger partial charge in [0.1, 0.15) is 23.1 Å². The molecular weight excluding hydrogens is 512 g/mol. The number of aryl methyl sites for hydroxylation is 1. The van der Waals surface area contributed by atoms with E-state index in [-0.39, 0.29) is 15.7 Å². The van der Waals surface area contributed by atoms with E-state index >= 15 is 0 Å². The van der Waals surface area contributed by atoms with Gasteiger partial charge in [-0.2, -0.15) is 0 Å². The van der Waals surface area contributed by atoms with Crippen LogP contribution in [0.3, 0.4) is 0 Å². The lowest BCUT2D eigenvalue weighted by molar-refractivity contribution is -0.114. The van der Waals surface area contributed by atoms with E-state index in [0.717, 1.165) is 15.4 Å². The molecule has 0 spiro atoms. The van der Waals surface area contributed by atoms with Gasteiger partial charge in [-0.05, 0) is 62.4 Å². The number of carbonyl (C=O) groups is 1. The van der Waals surface area contributed by atoms with E-state index in [4.69, 9.17) is 9.47 Å². The van der Waals surface area contributed by atoms with Crippen molar-refractivity contribution >= 4 is 38.1 Å². The number of sulfonamides is 1. The summed E-state index contributed by atoms with van der Waals surface area (Å²) in [6, 6.07) is 20.5. The average Bonchev–Trinajstić information content (AvgIpc) is 3.36. The molecule has 1 aromatic heterocycles. The summed E-state index contributed by atoms with van der Waals surface area (Å²) in [6.07, 6.45) is 0. The summed E-state index contributed by atoms with van der Waals surface area (Å²) in [7, 11) is -2.51. The number of methoxy groups -OCH3 is 1. The number of ether oxygens (including phenoxy) is 2. The van der Waals surface area contributed by atoms with Crippen molar-refractivity contribution in [2.45, 2.75) is 18.7 Å². The Labute approximate surface area is 219 Å². The Morgan fingerprint density at radius 2 is 1.70 bits per heavy atom. The molecule has 4 rings (SSSR count). The number of hydrogen-bond acceptors (Lipinski definition) is 8. The van der Waals surface area contributed by atoms with E-state index in [0.29, 0.717) is 23.1 Å². The molecule has 0 radical (unpaired) electrons. The number of amides is 1. The predicted molar refractivity (Wildman–Crippen MR) is 144 cm³/mol. The Kier molecular flexibility index (Phi) is 8.04. The lowest BCUT2D eigenvalue weighted by atomic mass is 10.2. The first kappa shape index (κ1) is 26.1. The van der Waals surface area contributed by atoms with Gasteiger partial charge >= 0.3 is 0 Å². The summed E-state index contributed by atoms with van der Waals surface area (Å²) in [6.45, 7) is 3.52. The van der Waals surface area contributed by atoms with Crippen LogP contribution in [0.5, 0.6) is 11.5 Å². The van der Waals surface area contributed by atoms with E-state index < -0.39 is 22.5 Å². The van der Waals surface area contributed by atoms with E-state index in [1.807, 2.05) is 19.1 Å². The highest BCUT2D eigenvalue weighted by Crippen LogP contribution is 2.33. The minimum atomic E-state index is -4.10. The Morgan fingerprint density at radius 1 is 1.00 bits per heavy atom. The molecule has 0 saturated carbocycles. The molecule has 0 aliphatic heterocycles. The predicted octanol–water partition coefficient (Wildman–Crippen LogP) is 4.75. The van der Waals surface area contributed by atoms with Crippen LogP contribution in [0.15, 0.2) is 77.7 Å². The molecule has 192 valence electrons. The lowest BCUT2D eigenvalue weighted by Crippen LogP contribution is -2.38. The third kappa shape index (κ3) is 6.07. The molecule has 1 amide bonds. The molecule has 0 atom stereocenters. The van der Waals surface area contributed by atoms with Gasteiger partial charge in [0.2, 0.25) is 11.0 Å². The summed E-state index contributed by atoms with van der Waals surface area (Å²) in [5.74, 6) is 0.495. The van der Waals surface area contributed by atoms with Gasteiger partial charge in [0.15, 0.2) is 0 Å². The van der Waals surface area contributed by atoms with Crippen molar-refractivity contribution in [3.8, 4) is 22.1 Å². The van der Waals surface area contributed by atoms with Gasteiger partial charge in [-0.3, -0.25) is 14.4 Å². The Morgan fingerprint density at radius 3 is 2.38 bits per heavy atom. The SMILES string of the molecule is CCOc1ccccc1N(CC(=O)Nc1nnc(-c2ccc(OC)cc2)s1)S(=O)(=O)c1ccc(C)cc1. The highest BCUT2D eigenvalue weighted by molar-refractivity contribution is 7.92. The van der Waals surface area contributed by atoms with Crippen LogP contribution in [0.2, 0.25) is 0 Å². The summed E-state index contributed by atoms with van der Waals surface area (Å²) in [4.78, 5) is 13.2. The van der Waals surface area contributed by atoms with Gasteiger partial charge in [-0.25, -0.2) is 8.42 Å². The molecule has 0 unspecified atom stereocenters. The maximum Gasteiger partial charge on any atom is 0.264 e. The second-order valence-electron chi connectivity index (χ2n) is 7.91. The minimum Gasteiger partial charge on any atom is -0.497 e. The highest BCUT2D eigenvalue weighted by atomic mass is 32.2. The van der Waals surface area contributed by atoms with Crippen molar-refractivity contribution in [3.63, 3.8) is 0 Å². The molecule has 0 fully saturated rings. The van der Waals surface area contributed by atoms with E-state index in [1.165, 1.54) is 23.5 Å². The fourth-order valence-electron chi connectivity index (χ4n) is 3.49. The largest absolute Gasteiger partial charge is 0.497 e. The van der Waals surface area contributed by atoms with Crippen molar-refractivity contribution in [3.05, 3.63) is 78.4 Å². The molecule has 0 bridgehead atoms. The second-order valence-corrected chi connectivity index (χ2v) is 10.8. The monoisotopic (exact) mass is 538 g/mol. The number of carbonyl (C=O) groups excluding carboxylic acids is 1. The molecule has 0 aliphatic carbocycles. The summed E-state index contributed by atoms with van der Waals surface area (Å²) >= 11 is 1.18. The van der Waals surface area contributed by atoms with Gasteiger partial charge in [-0.15, -0.1) is 10.2 Å². The quantitative estimate of drug-likeness (QED) is 0.310. The fraction of sp³-hybridized carbons (Fsp3) is 0.192. The van der Waals surface area contributed by atoms with Crippen LogP contribution in [0.4, 0.5) is 10.8 Å². The molecule has 9 nitrogen and oxygen atoms in total. The topological polar surface area (TPSA) is 111 Å². The Balaban J connectivity index is 1.61. The molecule has 11 heteroatoms. The van der Waals surface area contributed by atoms with Crippen molar-refractivity contribution in [1.82, 2.24) is 10.2 Å². The first-order valence-corrected chi connectivity index (χ1v) is 13.7. The van der Waals surface area contributed by atoms with E-state index in [1.54, 1.807) is 62.6 Å². The standard InChI is InChI=1S/C26H26N4O5S2/c1-4-35-23-8-6-5-7-22(23)30(37(32,33)21-15-9-18(2)10-16-21)17-24(31)27-26-29-28-25(36-26)19-11-13-20(34-3)14-12-19/h5-16H,4,17H2,1-3H3,(H,27,29,31). The highest BCUT2D eigenvalue weighted by Gasteiger charge is 2.29. The number of nitrogens with zero attached hydrogens (tertiary/aromatic N) is 3. The number of hydrogen-bond donors (Lipinski definition) is 1. The lowest BCUT2D eigenvalue weighted by Gasteiger charge is -2.25. The van der Waals surface area contributed by atoms with E-state index in [9.17, 15) is 13.2 Å². The summed E-state index contributed by atoms with van der Waals surface area (Å²) in [5, 5.41) is 11.7. The van der Waals surface area contributed by atoms with Crippen LogP contribution in [-0.4, -0.2) is 44.8 Å². The maximum absolute atomic E-state index is 13.7. The third-order valence-corrected chi connectivity index (χ3v) is 8.00. The zero-order chi connectivity index (χ0) is 26.4. The molecule has 4 aromatic rings. The van der Waals surface area contributed by atoms with Gasteiger partial charge in [-0.1, -0.05) is 41.2 Å². The molecule has 1 N–H and O–H groups in total. The first-order chi connectivity index (χ1) is 17.8. The number of rotatable bonds is 10. The smallest absolute Gasteiger partial charge is 0.264 e. The molecule has 0 aliphatic rings. The van der Waals surface area contributed by atoms with Gasteiger partial charge in [0.05, 0.1) is 24.3 Å². The van der Waals surface area contributed by atoms with Crippen molar-refractivity contribution in [2.75, 3.05) is 29.9 Å². The van der Waals surface area contributed by atoms with Crippen LogP contribution in [-0.2, 0) is 14.8 Å². The molecule has 1 heterocycles. The Hall–Kier alpha value is -3.96. The van der Waals surface area contributed by atoms with Crippen molar-refractivity contribution < 1.29 is 22.7 Å². The van der Waals surface area contributed by atoms with Gasteiger partial charge in [0.25, 0.3) is 10.0 Å². The maximum atomic E-state index is 13.7. The van der Waals surface area contributed by atoms with Crippen LogP contribution >= 0.6 is 11.3 Å². The van der Waals surface area contributed by atoms with Crippen LogP contribution in [0, 0.1) is 6.92 Å². The zero-order valence-corrected chi connectivity index (χ0v) is 22.2. The molecule has 3 aromatic carbocycles. The van der Waals surface area contributed by atoms with Gasteiger partial charge < -0.3 is 9.47 Å². The molecule has 37 heavy (non-hydrogen) atoms. The third-order valence-electron chi connectivity index (χ3n) is 5.34. The molecular formula is C26H26N4O5S2. The van der Waals surface area contributed by atoms with Crippen LogP contribution < -0.4 is 19.1 Å². The Bertz CT molecular complexity index is 1470. The van der Waals surface area contributed by atoms with Crippen LogP contribution in [0.25, 0.3) is 10.6 Å².